The van der Waals surface area contributed by atoms with Crippen molar-refractivity contribution in [3.05, 3.63) is 85.9 Å². The Balaban J connectivity index is 1.44. The highest BCUT2D eigenvalue weighted by molar-refractivity contribution is 6.42. The highest BCUT2D eigenvalue weighted by atomic mass is 35.5. The second-order valence-electron chi connectivity index (χ2n) is 6.60. The van der Waals surface area contributed by atoms with Crippen LogP contribution in [0.2, 0.25) is 10.0 Å². The summed E-state index contributed by atoms with van der Waals surface area (Å²) in [6.45, 7) is 0. The first-order valence-electron chi connectivity index (χ1n) is 8.80. The molecule has 3 aromatic carbocycles. The minimum Gasteiger partial charge on any atom is -0.453 e. The molecule has 0 aromatic heterocycles. The Labute approximate surface area is 172 Å². The lowest BCUT2D eigenvalue weighted by molar-refractivity contribution is -0.384. The van der Waals surface area contributed by atoms with Crippen LogP contribution >= 0.6 is 23.2 Å². The van der Waals surface area contributed by atoms with Gasteiger partial charge in [-0.3, -0.25) is 10.1 Å². The summed E-state index contributed by atoms with van der Waals surface area (Å²) in [6, 6.07) is 16.2. The highest BCUT2D eigenvalue weighted by Gasteiger charge is 2.19. The number of aryl methyl sites for hydroxylation is 2. The first-order valence-corrected chi connectivity index (χ1v) is 9.55. The van der Waals surface area contributed by atoms with Crippen molar-refractivity contribution in [3.8, 4) is 11.5 Å². The van der Waals surface area contributed by atoms with Gasteiger partial charge in [0.15, 0.2) is 11.5 Å². The molecular formula is C21H16Cl2N2O3. The van der Waals surface area contributed by atoms with Gasteiger partial charge in [0, 0.05) is 6.07 Å². The lowest BCUT2D eigenvalue weighted by atomic mass is 10.0. The normalized spacial score (nSPS) is 11.8. The Hall–Kier alpha value is -2.76. The molecule has 28 heavy (non-hydrogen) atoms. The first kappa shape index (κ1) is 18.6. The molecule has 7 heteroatoms. The molecule has 1 aliphatic rings. The number of nitrogens with one attached hydrogen (secondary N) is 1. The Morgan fingerprint density at radius 1 is 0.857 bits per heavy atom. The molecule has 142 valence electrons. The smallest absolute Gasteiger partial charge is 0.273 e. The van der Waals surface area contributed by atoms with E-state index in [9.17, 15) is 10.1 Å². The topological polar surface area (TPSA) is 64.4 Å². The van der Waals surface area contributed by atoms with E-state index in [4.69, 9.17) is 27.9 Å². The molecule has 5 nitrogen and oxygen atoms in total. The van der Waals surface area contributed by atoms with Crippen LogP contribution in [0, 0.1) is 10.1 Å². The van der Waals surface area contributed by atoms with E-state index in [1.807, 2.05) is 30.3 Å². The van der Waals surface area contributed by atoms with Gasteiger partial charge in [0.1, 0.15) is 0 Å². The standard InChI is InChI=1S/C21H16Cl2N2O3/c22-16-7-4-13(10-17(16)23)2-1-3-14-5-8-18-20(11-14)28-21-12-15(25(26)27)6-9-19(21)24-18/h4-12,24H,1-3H2. The third kappa shape index (κ3) is 3.91. The molecule has 3 aromatic rings. The fraction of sp³-hybridized carbons (Fsp3) is 0.143. The van der Waals surface area contributed by atoms with Gasteiger partial charge in [0.2, 0.25) is 0 Å². The van der Waals surface area contributed by atoms with Crippen LogP contribution in [0.4, 0.5) is 17.1 Å². The van der Waals surface area contributed by atoms with Gasteiger partial charge in [0.25, 0.3) is 5.69 Å². The quantitative estimate of drug-likeness (QED) is 0.284. The van der Waals surface area contributed by atoms with E-state index in [1.54, 1.807) is 6.07 Å². The molecule has 0 spiro atoms. The van der Waals surface area contributed by atoms with E-state index in [-0.39, 0.29) is 5.69 Å². The highest BCUT2D eigenvalue weighted by Crippen LogP contribution is 2.43. The average Bonchev–Trinajstić information content (AvgIpc) is 2.68. The third-order valence-corrected chi connectivity index (χ3v) is 5.37. The summed E-state index contributed by atoms with van der Waals surface area (Å²) in [5.41, 5.74) is 3.84. The van der Waals surface area contributed by atoms with Crippen molar-refractivity contribution >= 4 is 40.3 Å². The van der Waals surface area contributed by atoms with Crippen LogP contribution in [0.25, 0.3) is 0 Å². The molecule has 0 saturated heterocycles. The molecule has 0 fully saturated rings. The molecule has 0 saturated carbocycles. The van der Waals surface area contributed by atoms with Crippen LogP contribution in [0.1, 0.15) is 17.5 Å². The second kappa shape index (κ2) is 7.70. The van der Waals surface area contributed by atoms with Crippen LogP contribution in [-0.4, -0.2) is 4.92 Å². The number of hydrogen-bond acceptors (Lipinski definition) is 4. The van der Waals surface area contributed by atoms with Crippen LogP contribution < -0.4 is 10.1 Å². The number of anilines is 2. The Morgan fingerprint density at radius 3 is 2.21 bits per heavy atom. The van der Waals surface area contributed by atoms with Gasteiger partial charge in [0.05, 0.1) is 32.4 Å². The number of nitro benzene ring substituents is 1. The van der Waals surface area contributed by atoms with Gasteiger partial charge in [-0.2, -0.15) is 0 Å². The number of hydrogen-bond donors (Lipinski definition) is 1. The molecule has 1 N–H and O–H groups in total. The van der Waals surface area contributed by atoms with Gasteiger partial charge in [-0.25, -0.2) is 0 Å². The van der Waals surface area contributed by atoms with E-state index >= 15 is 0 Å². The largest absolute Gasteiger partial charge is 0.453 e. The molecule has 1 aliphatic heterocycles. The van der Waals surface area contributed by atoms with Crippen molar-refractivity contribution in [2.75, 3.05) is 5.32 Å². The predicted molar refractivity (Wildman–Crippen MR) is 111 cm³/mol. The Morgan fingerprint density at radius 2 is 1.50 bits per heavy atom. The van der Waals surface area contributed by atoms with Crippen LogP contribution in [-0.2, 0) is 12.8 Å². The van der Waals surface area contributed by atoms with E-state index in [2.05, 4.69) is 11.4 Å². The Bertz CT molecular complexity index is 1070. The van der Waals surface area contributed by atoms with E-state index in [0.29, 0.717) is 27.2 Å². The zero-order valence-electron chi connectivity index (χ0n) is 14.7. The summed E-state index contributed by atoms with van der Waals surface area (Å²) in [5, 5.41) is 15.4. The summed E-state index contributed by atoms with van der Waals surface area (Å²) in [4.78, 5) is 10.5. The predicted octanol–water partition coefficient (Wildman–Crippen LogP) is 6.93. The molecule has 0 atom stereocenters. The first-order chi connectivity index (χ1) is 13.5. The van der Waals surface area contributed by atoms with E-state index in [0.717, 1.165) is 36.1 Å². The molecular weight excluding hydrogens is 399 g/mol. The fourth-order valence-corrected chi connectivity index (χ4v) is 3.50. The summed E-state index contributed by atoms with van der Waals surface area (Å²) in [5.74, 6) is 1.12. The lowest BCUT2D eigenvalue weighted by Gasteiger charge is -2.22. The number of rotatable bonds is 5. The third-order valence-electron chi connectivity index (χ3n) is 4.63. The van der Waals surface area contributed by atoms with Crippen LogP contribution in [0.15, 0.2) is 54.6 Å². The minimum absolute atomic E-state index is 0.00165. The number of benzene rings is 3. The molecule has 0 amide bonds. The maximum atomic E-state index is 11.0. The summed E-state index contributed by atoms with van der Waals surface area (Å²) in [6.07, 6.45) is 2.72. The second-order valence-corrected chi connectivity index (χ2v) is 7.41. The van der Waals surface area contributed by atoms with E-state index in [1.165, 1.54) is 12.1 Å². The zero-order valence-corrected chi connectivity index (χ0v) is 16.3. The van der Waals surface area contributed by atoms with Crippen molar-refractivity contribution in [3.63, 3.8) is 0 Å². The molecule has 0 aliphatic carbocycles. The number of nitrogens with zero attached hydrogens (tertiary/aromatic N) is 1. The van der Waals surface area contributed by atoms with Crippen molar-refractivity contribution in [1.82, 2.24) is 0 Å². The number of fused-ring (bicyclic) bond motifs is 2. The minimum atomic E-state index is -0.432. The zero-order chi connectivity index (χ0) is 19.7. The molecule has 0 unspecified atom stereocenters. The Kier molecular flexibility index (Phi) is 5.11. The van der Waals surface area contributed by atoms with Crippen LogP contribution in [0.5, 0.6) is 11.5 Å². The lowest BCUT2D eigenvalue weighted by Crippen LogP contribution is -2.04. The van der Waals surface area contributed by atoms with Crippen molar-refractivity contribution < 1.29 is 9.66 Å². The van der Waals surface area contributed by atoms with Gasteiger partial charge < -0.3 is 10.1 Å². The molecule has 1 heterocycles. The molecule has 0 bridgehead atoms. The van der Waals surface area contributed by atoms with Gasteiger partial charge in [-0.1, -0.05) is 35.3 Å². The van der Waals surface area contributed by atoms with Gasteiger partial charge in [-0.15, -0.1) is 0 Å². The summed E-state index contributed by atoms with van der Waals surface area (Å²) < 4.78 is 5.90. The van der Waals surface area contributed by atoms with Gasteiger partial charge in [-0.05, 0) is 60.7 Å². The monoisotopic (exact) mass is 414 g/mol. The number of ether oxygens (including phenoxy) is 1. The van der Waals surface area contributed by atoms with E-state index < -0.39 is 4.92 Å². The van der Waals surface area contributed by atoms with Crippen molar-refractivity contribution in [1.29, 1.82) is 0 Å². The fourth-order valence-electron chi connectivity index (χ4n) is 3.18. The van der Waals surface area contributed by atoms with Crippen molar-refractivity contribution in [2.24, 2.45) is 0 Å². The summed E-state index contributed by atoms with van der Waals surface area (Å²) in [7, 11) is 0. The summed E-state index contributed by atoms with van der Waals surface area (Å²) >= 11 is 12.0. The number of halogens is 2. The van der Waals surface area contributed by atoms with Crippen LogP contribution in [0.3, 0.4) is 0 Å². The number of non-ortho nitro benzene ring substituents is 1. The molecule has 4 rings (SSSR count). The molecule has 0 radical (unpaired) electrons. The average molecular weight is 415 g/mol. The van der Waals surface area contributed by atoms with Crippen molar-refractivity contribution in [2.45, 2.75) is 19.3 Å². The maximum Gasteiger partial charge on any atom is 0.273 e. The number of nitro groups is 1. The van der Waals surface area contributed by atoms with Gasteiger partial charge >= 0.3 is 0 Å². The SMILES string of the molecule is O=[N+]([O-])c1ccc2c(c1)Oc1cc(CCCc3ccc(Cl)c(Cl)c3)ccc1N2. The maximum absolute atomic E-state index is 11.0.